The molecule has 1 aliphatic carbocycles. The third-order valence-electron chi connectivity index (χ3n) is 5.81. The Kier molecular flexibility index (Phi) is 9.76. The van der Waals surface area contributed by atoms with E-state index in [4.69, 9.17) is 4.74 Å². The molecule has 2 aromatic rings. The molecular formula is C28H35N3O2S2. The van der Waals surface area contributed by atoms with Crippen molar-refractivity contribution in [3.63, 3.8) is 0 Å². The molecule has 0 spiro atoms. The molecule has 0 fully saturated rings. The van der Waals surface area contributed by atoms with E-state index in [1.807, 2.05) is 58.0 Å². The smallest absolute Gasteiger partial charge is 0.137 e. The van der Waals surface area contributed by atoms with Crippen molar-refractivity contribution in [1.29, 1.82) is 5.26 Å². The maximum atomic E-state index is 12.5. The molecule has 2 aromatic carbocycles. The van der Waals surface area contributed by atoms with Gasteiger partial charge in [0.15, 0.2) is 0 Å². The van der Waals surface area contributed by atoms with Crippen LogP contribution in [0.5, 0.6) is 5.75 Å². The number of hydrogen-bond acceptors (Lipinski definition) is 5. The molecule has 35 heavy (non-hydrogen) atoms. The Balaban J connectivity index is 1.77. The summed E-state index contributed by atoms with van der Waals surface area (Å²) in [7, 11) is 2.92. The minimum atomic E-state index is -1.06. The molecule has 186 valence electrons. The fourth-order valence-corrected chi connectivity index (χ4v) is 6.24. The van der Waals surface area contributed by atoms with Crippen LogP contribution in [0, 0.1) is 11.3 Å². The lowest BCUT2D eigenvalue weighted by Gasteiger charge is -2.17. The Labute approximate surface area is 216 Å². The lowest BCUT2D eigenvalue weighted by Crippen LogP contribution is -2.28. The van der Waals surface area contributed by atoms with Gasteiger partial charge in [-0.25, -0.2) is 8.93 Å². The zero-order chi connectivity index (χ0) is 25.5. The summed E-state index contributed by atoms with van der Waals surface area (Å²) in [6.45, 7) is 11.0. The van der Waals surface area contributed by atoms with E-state index in [9.17, 15) is 9.47 Å². The number of ether oxygens (including phenoxy) is 1. The molecule has 2 unspecified atom stereocenters. The van der Waals surface area contributed by atoms with Gasteiger partial charge in [-0.2, -0.15) is 5.26 Å². The van der Waals surface area contributed by atoms with Crippen molar-refractivity contribution >= 4 is 32.6 Å². The predicted molar refractivity (Wildman–Crippen MR) is 149 cm³/mol. The van der Waals surface area contributed by atoms with E-state index in [1.165, 1.54) is 16.7 Å². The number of nitrogens with zero attached hydrogens (tertiary/aromatic N) is 2. The third-order valence-corrected chi connectivity index (χ3v) is 8.07. The first-order chi connectivity index (χ1) is 16.7. The van der Waals surface area contributed by atoms with E-state index in [1.54, 1.807) is 11.8 Å². The number of fused-ring (bicyclic) bond motifs is 1. The lowest BCUT2D eigenvalue weighted by atomic mass is 10.0. The summed E-state index contributed by atoms with van der Waals surface area (Å²) < 4.78 is 21.6. The molecule has 0 amide bonds. The highest BCUT2D eigenvalue weighted by Gasteiger charge is 2.27. The average Bonchev–Trinajstić information content (AvgIpc) is 3.23. The van der Waals surface area contributed by atoms with Gasteiger partial charge in [-0.1, -0.05) is 48.7 Å². The predicted octanol–water partition coefficient (Wildman–Crippen LogP) is 5.91. The van der Waals surface area contributed by atoms with Gasteiger partial charge in [0.2, 0.25) is 0 Å². The van der Waals surface area contributed by atoms with Crippen LogP contribution in [-0.2, 0) is 17.4 Å². The van der Waals surface area contributed by atoms with Crippen molar-refractivity contribution in [2.45, 2.75) is 45.8 Å². The Morgan fingerprint density at radius 3 is 2.80 bits per heavy atom. The molecule has 0 radical (unpaired) electrons. The third kappa shape index (κ3) is 7.08. The summed E-state index contributed by atoms with van der Waals surface area (Å²) in [5.41, 5.74) is 5.15. The first-order valence-corrected chi connectivity index (χ1v) is 14.0. The number of nitrogens with one attached hydrogen (secondary N) is 1. The molecule has 0 saturated heterocycles. The van der Waals surface area contributed by atoms with Crippen molar-refractivity contribution in [1.82, 2.24) is 9.62 Å². The van der Waals surface area contributed by atoms with Crippen LogP contribution in [0.15, 0.2) is 49.1 Å². The first-order valence-electron chi connectivity index (χ1n) is 11.9. The van der Waals surface area contributed by atoms with Gasteiger partial charge in [-0.3, -0.25) is 0 Å². The van der Waals surface area contributed by atoms with Crippen molar-refractivity contribution in [3.8, 4) is 11.8 Å². The largest absolute Gasteiger partial charge is 0.490 e. The molecule has 1 N–H and O–H groups in total. The van der Waals surface area contributed by atoms with Crippen LogP contribution in [0.3, 0.4) is 0 Å². The minimum Gasteiger partial charge on any atom is -0.490 e. The highest BCUT2D eigenvalue weighted by Crippen LogP contribution is 2.43. The van der Waals surface area contributed by atoms with Crippen LogP contribution in [0.2, 0.25) is 0 Å². The molecule has 0 heterocycles. The zero-order valence-electron chi connectivity index (χ0n) is 21.3. The van der Waals surface area contributed by atoms with Gasteiger partial charge in [0.1, 0.15) is 11.8 Å². The van der Waals surface area contributed by atoms with Crippen LogP contribution < -0.4 is 9.46 Å². The quantitative estimate of drug-likeness (QED) is 0.408. The molecule has 3 rings (SSSR count). The van der Waals surface area contributed by atoms with Gasteiger partial charge in [0.25, 0.3) is 0 Å². The molecular weight excluding hydrogens is 474 g/mol. The Morgan fingerprint density at radius 2 is 2.14 bits per heavy atom. The van der Waals surface area contributed by atoms with Crippen LogP contribution >= 0.6 is 11.8 Å². The van der Waals surface area contributed by atoms with Crippen LogP contribution in [0.1, 0.15) is 61.1 Å². The summed E-state index contributed by atoms with van der Waals surface area (Å²) in [4.78, 5) is 4.05. The van der Waals surface area contributed by atoms with Crippen LogP contribution in [0.4, 0.5) is 0 Å². The van der Waals surface area contributed by atoms with Crippen LogP contribution in [0.25, 0.3) is 9.81 Å². The fourth-order valence-electron chi connectivity index (χ4n) is 4.10. The van der Waals surface area contributed by atoms with E-state index in [-0.39, 0.29) is 12.1 Å². The van der Waals surface area contributed by atoms with E-state index in [0.29, 0.717) is 17.1 Å². The number of hydrogen-bond donors (Lipinski definition) is 1. The van der Waals surface area contributed by atoms with Crippen LogP contribution in [-0.4, -0.2) is 41.6 Å². The zero-order valence-corrected chi connectivity index (χ0v) is 22.9. The van der Waals surface area contributed by atoms with E-state index < -0.39 is 11.0 Å². The molecule has 0 aromatic heterocycles. The minimum absolute atomic E-state index is 0.00376. The van der Waals surface area contributed by atoms with Gasteiger partial charge in [0.05, 0.1) is 28.4 Å². The van der Waals surface area contributed by atoms with E-state index in [0.717, 1.165) is 34.8 Å². The summed E-state index contributed by atoms with van der Waals surface area (Å²) in [6, 6.07) is 14.4. The molecule has 0 bridgehead atoms. The molecule has 1 aliphatic rings. The Bertz CT molecular complexity index is 1170. The summed E-state index contributed by atoms with van der Waals surface area (Å²) in [5.74, 6) is 1.21. The average molecular weight is 510 g/mol. The highest BCUT2D eigenvalue weighted by atomic mass is 32.2. The molecule has 5 nitrogen and oxygen atoms in total. The second kappa shape index (κ2) is 12.5. The monoisotopic (exact) mass is 509 g/mol. The van der Waals surface area contributed by atoms with Gasteiger partial charge < -0.3 is 9.64 Å². The highest BCUT2D eigenvalue weighted by molar-refractivity contribution is 8.16. The second-order valence-electron chi connectivity index (χ2n) is 9.10. The van der Waals surface area contributed by atoms with Gasteiger partial charge in [-0.05, 0) is 82.1 Å². The number of rotatable bonds is 11. The summed E-state index contributed by atoms with van der Waals surface area (Å²) >= 11 is 1.61. The number of benzene rings is 2. The normalized spacial score (nSPS) is 16.3. The Hall–Kier alpha value is -2.37. The lowest BCUT2D eigenvalue weighted by molar-refractivity contribution is 0.241. The van der Waals surface area contributed by atoms with Gasteiger partial charge in [0, 0.05) is 22.4 Å². The standard InChI is InChI=1S/C28H35N3O2S2/c1-7-28(34-20(4)21-11-14-27(33-19(2)3)22(17-21)18-29)25-10-8-9-24-23(25)12-13-26(24)30-35(32)16-15-31(5)6/h7-11,14,17,19,26,30H,4,12-13,15-16H2,1-3,5-6H3/b28-7-. The van der Waals surface area contributed by atoms with Crippen molar-refractivity contribution < 1.29 is 8.95 Å². The summed E-state index contributed by atoms with van der Waals surface area (Å²) in [6.07, 6.45) is 4.00. The maximum Gasteiger partial charge on any atom is 0.137 e. The Morgan fingerprint density at radius 1 is 1.37 bits per heavy atom. The number of allylic oxidation sites excluding steroid dienone is 1. The topological polar surface area (TPSA) is 65.4 Å². The summed E-state index contributed by atoms with van der Waals surface area (Å²) in [5, 5.41) is 9.59. The van der Waals surface area contributed by atoms with Crippen molar-refractivity contribution in [2.24, 2.45) is 0 Å². The number of thioether (sulfide) groups is 1. The second-order valence-corrected chi connectivity index (χ2v) is 11.6. The van der Waals surface area contributed by atoms with Gasteiger partial charge in [-0.15, -0.1) is 0 Å². The molecule has 0 aliphatic heterocycles. The fraction of sp³-hybridized carbons (Fsp3) is 0.393. The molecule has 0 saturated carbocycles. The van der Waals surface area contributed by atoms with Crippen molar-refractivity contribution in [2.75, 3.05) is 26.4 Å². The first kappa shape index (κ1) is 27.2. The van der Waals surface area contributed by atoms with Crippen molar-refractivity contribution in [3.05, 3.63) is 76.9 Å². The molecule has 7 heteroatoms. The maximum absolute atomic E-state index is 12.5. The van der Waals surface area contributed by atoms with Gasteiger partial charge >= 0.3 is 0 Å². The molecule has 2 atom stereocenters. The SMILES string of the molecule is C=C(S/C(=C\C)c1cccc2c1CCC2NS(=O)CCN(C)C)c1ccc(OC(C)C)c(C#N)c1. The van der Waals surface area contributed by atoms with E-state index >= 15 is 0 Å². The van der Waals surface area contributed by atoms with E-state index in [2.05, 4.69) is 41.6 Å². The number of nitriles is 1.